The van der Waals surface area contributed by atoms with Crippen molar-refractivity contribution >= 4 is 11.7 Å². The van der Waals surface area contributed by atoms with Crippen LogP contribution in [-0.2, 0) is 4.79 Å². The topological polar surface area (TPSA) is 65.5 Å². The fourth-order valence-corrected chi connectivity index (χ4v) is 1.15. The molecule has 0 aliphatic carbocycles. The summed E-state index contributed by atoms with van der Waals surface area (Å²) >= 11 is 0. The van der Waals surface area contributed by atoms with Crippen LogP contribution in [0.5, 0.6) is 0 Å². The Kier molecular flexibility index (Phi) is 4.56. The number of pyridine rings is 1. The Labute approximate surface area is 88.7 Å². The molecule has 1 rings (SSSR count). The molecule has 0 saturated heterocycles. The number of carboxylic acid groups (broad SMARTS) is 1. The predicted octanol–water partition coefficient (Wildman–Crippen LogP) is 0.192. The summed E-state index contributed by atoms with van der Waals surface area (Å²) in [6.45, 7) is 1.39. The van der Waals surface area contributed by atoms with E-state index in [2.05, 4.69) is 10.3 Å². The van der Waals surface area contributed by atoms with Crippen LogP contribution in [-0.4, -0.2) is 42.7 Å². The quantitative estimate of drug-likeness (QED) is 0.655. The number of hydrogen-bond donors (Lipinski definition) is 2. The van der Waals surface area contributed by atoms with Gasteiger partial charge >= 0.3 is 5.97 Å². The monoisotopic (exact) mass is 209 g/mol. The molecule has 0 bridgehead atoms. The van der Waals surface area contributed by atoms with Crippen LogP contribution in [0.3, 0.4) is 0 Å². The Morgan fingerprint density at radius 1 is 1.67 bits per heavy atom. The summed E-state index contributed by atoms with van der Waals surface area (Å²) in [4.78, 5) is 16.2. The van der Waals surface area contributed by atoms with Gasteiger partial charge in [-0.15, -0.1) is 0 Å². The Balaban J connectivity index is 2.25. The minimum absolute atomic E-state index is 0.000873. The van der Waals surface area contributed by atoms with E-state index in [1.165, 1.54) is 0 Å². The molecule has 0 amide bonds. The molecule has 1 aromatic rings. The van der Waals surface area contributed by atoms with Gasteiger partial charge in [0.05, 0.1) is 18.4 Å². The molecule has 1 heterocycles. The largest absolute Gasteiger partial charge is 0.480 e. The molecular formula is C10H15N3O2. The van der Waals surface area contributed by atoms with Gasteiger partial charge in [0.15, 0.2) is 0 Å². The third kappa shape index (κ3) is 4.42. The summed E-state index contributed by atoms with van der Waals surface area (Å²) in [5.74, 6) is -0.834. The van der Waals surface area contributed by atoms with Crippen LogP contribution in [0.4, 0.5) is 5.69 Å². The van der Waals surface area contributed by atoms with E-state index in [1.807, 2.05) is 24.1 Å². The number of nitrogens with one attached hydrogen (secondary N) is 1. The first-order valence-corrected chi connectivity index (χ1v) is 4.74. The molecule has 5 heteroatoms. The normalized spacial score (nSPS) is 9.93. The van der Waals surface area contributed by atoms with Gasteiger partial charge in [-0.05, 0) is 12.1 Å². The SMILES string of the molecule is CN(CCNCC(=O)O)c1cccnc1. The zero-order valence-corrected chi connectivity index (χ0v) is 8.68. The number of carbonyl (C=O) groups is 1. The lowest BCUT2D eigenvalue weighted by atomic mass is 10.4. The summed E-state index contributed by atoms with van der Waals surface area (Å²) in [6.07, 6.45) is 3.50. The average molecular weight is 209 g/mol. The molecular weight excluding hydrogens is 194 g/mol. The van der Waals surface area contributed by atoms with Crippen molar-refractivity contribution in [3.8, 4) is 0 Å². The lowest BCUT2D eigenvalue weighted by Crippen LogP contribution is -2.32. The molecule has 0 radical (unpaired) electrons. The smallest absolute Gasteiger partial charge is 0.317 e. The Morgan fingerprint density at radius 2 is 2.47 bits per heavy atom. The van der Waals surface area contributed by atoms with Crippen LogP contribution in [0.25, 0.3) is 0 Å². The number of rotatable bonds is 6. The Hall–Kier alpha value is -1.62. The molecule has 1 aromatic heterocycles. The van der Waals surface area contributed by atoms with Gasteiger partial charge in [-0.2, -0.15) is 0 Å². The number of anilines is 1. The van der Waals surface area contributed by atoms with Gasteiger partial charge in [-0.25, -0.2) is 0 Å². The minimum atomic E-state index is -0.834. The number of aromatic nitrogens is 1. The highest BCUT2D eigenvalue weighted by Crippen LogP contribution is 2.07. The predicted molar refractivity (Wildman–Crippen MR) is 58.0 cm³/mol. The number of nitrogens with zero attached hydrogens (tertiary/aromatic N) is 2. The molecule has 0 spiro atoms. The zero-order valence-electron chi connectivity index (χ0n) is 8.68. The maximum Gasteiger partial charge on any atom is 0.317 e. The third-order valence-corrected chi connectivity index (χ3v) is 1.99. The molecule has 0 aliphatic heterocycles. The van der Waals surface area contributed by atoms with Crippen LogP contribution in [0.2, 0.25) is 0 Å². The third-order valence-electron chi connectivity index (χ3n) is 1.99. The number of likely N-dealkylation sites (N-methyl/N-ethyl adjacent to an activating group) is 1. The van der Waals surface area contributed by atoms with Gasteiger partial charge in [-0.1, -0.05) is 0 Å². The first kappa shape index (κ1) is 11.5. The number of aliphatic carboxylic acids is 1. The summed E-state index contributed by atoms with van der Waals surface area (Å²) in [6, 6.07) is 3.83. The molecule has 0 saturated carbocycles. The first-order chi connectivity index (χ1) is 7.20. The van der Waals surface area contributed by atoms with E-state index < -0.39 is 5.97 Å². The van der Waals surface area contributed by atoms with E-state index in [-0.39, 0.29) is 6.54 Å². The standard InChI is InChI=1S/C10H15N3O2/c1-13(6-5-12-8-10(14)15)9-3-2-4-11-7-9/h2-4,7,12H,5-6,8H2,1H3,(H,14,15). The second kappa shape index (κ2) is 5.98. The second-order valence-electron chi connectivity index (χ2n) is 3.20. The van der Waals surface area contributed by atoms with E-state index in [4.69, 9.17) is 5.11 Å². The second-order valence-corrected chi connectivity index (χ2v) is 3.20. The zero-order chi connectivity index (χ0) is 11.1. The lowest BCUT2D eigenvalue weighted by molar-refractivity contribution is -0.135. The summed E-state index contributed by atoms with van der Waals surface area (Å²) in [7, 11) is 1.94. The van der Waals surface area contributed by atoms with Crippen molar-refractivity contribution in [2.24, 2.45) is 0 Å². The van der Waals surface area contributed by atoms with Crippen LogP contribution < -0.4 is 10.2 Å². The first-order valence-electron chi connectivity index (χ1n) is 4.74. The van der Waals surface area contributed by atoms with Crippen molar-refractivity contribution in [2.45, 2.75) is 0 Å². The van der Waals surface area contributed by atoms with Gasteiger partial charge in [0.2, 0.25) is 0 Å². The van der Waals surface area contributed by atoms with Gasteiger partial charge in [0, 0.05) is 26.3 Å². The van der Waals surface area contributed by atoms with Crippen molar-refractivity contribution in [1.29, 1.82) is 0 Å². The van der Waals surface area contributed by atoms with Crippen molar-refractivity contribution in [2.75, 3.05) is 31.6 Å². The maximum absolute atomic E-state index is 10.2. The maximum atomic E-state index is 10.2. The highest BCUT2D eigenvalue weighted by atomic mass is 16.4. The summed E-state index contributed by atoms with van der Waals surface area (Å²) < 4.78 is 0. The fourth-order valence-electron chi connectivity index (χ4n) is 1.15. The Bertz CT molecular complexity index is 303. The van der Waals surface area contributed by atoms with Gasteiger partial charge < -0.3 is 15.3 Å². The highest BCUT2D eigenvalue weighted by Gasteiger charge is 2.00. The molecule has 0 atom stereocenters. The molecule has 2 N–H and O–H groups in total. The number of hydrogen-bond acceptors (Lipinski definition) is 4. The summed E-state index contributed by atoms with van der Waals surface area (Å²) in [5, 5.41) is 11.2. The van der Waals surface area contributed by atoms with Crippen molar-refractivity contribution in [1.82, 2.24) is 10.3 Å². The number of carboxylic acids is 1. The Morgan fingerprint density at radius 3 is 3.07 bits per heavy atom. The molecule has 5 nitrogen and oxygen atoms in total. The van der Waals surface area contributed by atoms with Crippen LogP contribution in [0, 0.1) is 0 Å². The molecule has 0 unspecified atom stereocenters. The van der Waals surface area contributed by atoms with Gasteiger partial charge in [-0.3, -0.25) is 9.78 Å². The fraction of sp³-hybridized carbons (Fsp3) is 0.400. The molecule has 0 fully saturated rings. The average Bonchev–Trinajstić information content (AvgIpc) is 2.25. The highest BCUT2D eigenvalue weighted by molar-refractivity contribution is 5.68. The van der Waals surface area contributed by atoms with E-state index in [0.717, 1.165) is 12.2 Å². The minimum Gasteiger partial charge on any atom is -0.480 e. The van der Waals surface area contributed by atoms with Crippen LogP contribution in [0.1, 0.15) is 0 Å². The van der Waals surface area contributed by atoms with Crippen molar-refractivity contribution in [3.05, 3.63) is 24.5 Å². The van der Waals surface area contributed by atoms with E-state index in [0.29, 0.717) is 6.54 Å². The van der Waals surface area contributed by atoms with E-state index in [9.17, 15) is 4.79 Å². The molecule has 15 heavy (non-hydrogen) atoms. The van der Waals surface area contributed by atoms with Crippen LogP contribution >= 0.6 is 0 Å². The van der Waals surface area contributed by atoms with Gasteiger partial charge in [0.1, 0.15) is 0 Å². The molecule has 0 aliphatic rings. The van der Waals surface area contributed by atoms with E-state index >= 15 is 0 Å². The lowest BCUT2D eigenvalue weighted by Gasteiger charge is -2.18. The van der Waals surface area contributed by atoms with Gasteiger partial charge in [0.25, 0.3) is 0 Å². The van der Waals surface area contributed by atoms with Crippen molar-refractivity contribution in [3.63, 3.8) is 0 Å². The van der Waals surface area contributed by atoms with E-state index in [1.54, 1.807) is 12.4 Å². The molecule has 82 valence electrons. The summed E-state index contributed by atoms with van der Waals surface area (Å²) in [5.41, 5.74) is 1.02. The van der Waals surface area contributed by atoms with Crippen molar-refractivity contribution < 1.29 is 9.90 Å². The molecule has 0 aromatic carbocycles. The van der Waals surface area contributed by atoms with Crippen LogP contribution in [0.15, 0.2) is 24.5 Å².